The standard InChI is InChI=1S/C23H18F3N7O2/c1-2-35-21-30-33(22(34)31(21)12-15-5-3-6-16(9-15)23(24,25)26)20-8-4-7-19-18(20)13-32(29-19)17-10-27-14-28-11-17/h3-11,13-14H,2,12H2,1H3. The summed E-state index contributed by atoms with van der Waals surface area (Å²) >= 11 is 0. The van der Waals surface area contributed by atoms with Crippen molar-refractivity contribution in [2.24, 2.45) is 0 Å². The average molecular weight is 481 g/mol. The quantitative estimate of drug-likeness (QED) is 0.368. The molecule has 0 saturated carbocycles. The summed E-state index contributed by atoms with van der Waals surface area (Å²) in [4.78, 5) is 21.4. The summed E-state index contributed by atoms with van der Waals surface area (Å²) in [5.74, 6) is 0. The SMILES string of the molecule is CCOc1nn(-c2cccc3nn(-c4cncnc4)cc23)c(=O)n1Cc1cccc(C(F)(F)F)c1. The van der Waals surface area contributed by atoms with Crippen LogP contribution in [0.4, 0.5) is 13.2 Å². The lowest BCUT2D eigenvalue weighted by Gasteiger charge is -2.09. The van der Waals surface area contributed by atoms with Gasteiger partial charge in [-0.3, -0.25) is 0 Å². The molecule has 0 spiro atoms. The van der Waals surface area contributed by atoms with E-state index < -0.39 is 17.4 Å². The van der Waals surface area contributed by atoms with Gasteiger partial charge in [0.2, 0.25) is 0 Å². The molecule has 35 heavy (non-hydrogen) atoms. The number of nitrogens with zero attached hydrogens (tertiary/aromatic N) is 7. The van der Waals surface area contributed by atoms with Gasteiger partial charge in [0.15, 0.2) is 0 Å². The fourth-order valence-electron chi connectivity index (χ4n) is 3.69. The molecule has 5 rings (SSSR count). The van der Waals surface area contributed by atoms with Crippen LogP contribution in [-0.4, -0.2) is 40.7 Å². The lowest BCUT2D eigenvalue weighted by Crippen LogP contribution is -2.25. The van der Waals surface area contributed by atoms with E-state index in [1.165, 1.54) is 23.0 Å². The summed E-state index contributed by atoms with van der Waals surface area (Å²) in [7, 11) is 0. The maximum Gasteiger partial charge on any atom is 0.416 e. The Labute approximate surface area is 196 Å². The molecule has 178 valence electrons. The minimum absolute atomic E-state index is 0.00392. The van der Waals surface area contributed by atoms with E-state index in [1.54, 1.807) is 48.4 Å². The molecule has 3 aromatic heterocycles. The molecule has 0 unspecified atom stereocenters. The maximum absolute atomic E-state index is 13.4. The first-order valence-electron chi connectivity index (χ1n) is 10.6. The number of rotatable bonds is 6. The van der Waals surface area contributed by atoms with E-state index in [4.69, 9.17) is 4.74 Å². The molecule has 0 bridgehead atoms. The fraction of sp³-hybridized carbons (Fsp3) is 0.174. The van der Waals surface area contributed by atoms with Crippen LogP contribution in [0, 0.1) is 0 Å². The molecule has 0 radical (unpaired) electrons. The van der Waals surface area contributed by atoms with Crippen LogP contribution in [0.3, 0.4) is 0 Å². The first kappa shape index (κ1) is 22.3. The second kappa shape index (κ2) is 8.70. The topological polar surface area (TPSA) is 92.7 Å². The normalized spacial score (nSPS) is 11.8. The van der Waals surface area contributed by atoms with Crippen molar-refractivity contribution in [3.63, 3.8) is 0 Å². The molecule has 0 atom stereocenters. The fourth-order valence-corrected chi connectivity index (χ4v) is 3.69. The zero-order chi connectivity index (χ0) is 24.6. The monoisotopic (exact) mass is 481 g/mol. The first-order valence-corrected chi connectivity index (χ1v) is 10.6. The van der Waals surface area contributed by atoms with E-state index >= 15 is 0 Å². The van der Waals surface area contributed by atoms with Crippen LogP contribution in [0.2, 0.25) is 0 Å². The smallest absolute Gasteiger partial charge is 0.416 e. The van der Waals surface area contributed by atoms with Crippen LogP contribution in [0.15, 0.2) is 72.2 Å². The van der Waals surface area contributed by atoms with Crippen LogP contribution >= 0.6 is 0 Å². The lowest BCUT2D eigenvalue weighted by molar-refractivity contribution is -0.137. The molecular weight excluding hydrogens is 463 g/mol. The molecule has 2 aromatic carbocycles. The number of halogens is 3. The van der Waals surface area contributed by atoms with Gasteiger partial charge in [0.05, 0.1) is 42.3 Å². The number of fused-ring (bicyclic) bond motifs is 1. The van der Waals surface area contributed by atoms with Crippen LogP contribution in [-0.2, 0) is 12.7 Å². The number of benzene rings is 2. The Bertz CT molecular complexity index is 1560. The minimum Gasteiger partial charge on any atom is -0.464 e. The van der Waals surface area contributed by atoms with E-state index in [0.717, 1.165) is 16.8 Å². The third-order valence-corrected chi connectivity index (χ3v) is 5.26. The van der Waals surface area contributed by atoms with Gasteiger partial charge in [-0.15, -0.1) is 5.10 Å². The predicted molar refractivity (Wildman–Crippen MR) is 120 cm³/mol. The molecule has 0 aliphatic rings. The highest BCUT2D eigenvalue weighted by Crippen LogP contribution is 2.30. The van der Waals surface area contributed by atoms with E-state index in [-0.39, 0.29) is 24.7 Å². The van der Waals surface area contributed by atoms with Crippen molar-refractivity contribution in [3.8, 4) is 17.4 Å². The highest BCUT2D eigenvalue weighted by atomic mass is 19.4. The van der Waals surface area contributed by atoms with Gasteiger partial charge in [-0.05, 0) is 36.8 Å². The average Bonchev–Trinajstić information content (AvgIpc) is 3.42. The number of hydrogen-bond donors (Lipinski definition) is 0. The summed E-state index contributed by atoms with van der Waals surface area (Å²) in [6, 6.07) is 10.0. The number of hydrogen-bond acceptors (Lipinski definition) is 6. The largest absolute Gasteiger partial charge is 0.464 e. The van der Waals surface area contributed by atoms with Gasteiger partial charge in [0, 0.05) is 11.6 Å². The Hall–Kier alpha value is -4.48. The summed E-state index contributed by atoms with van der Waals surface area (Å²) in [5, 5.41) is 9.47. The van der Waals surface area contributed by atoms with E-state index in [2.05, 4.69) is 20.2 Å². The third-order valence-electron chi connectivity index (χ3n) is 5.26. The zero-order valence-electron chi connectivity index (χ0n) is 18.3. The van der Waals surface area contributed by atoms with Crippen molar-refractivity contribution < 1.29 is 17.9 Å². The van der Waals surface area contributed by atoms with Crippen LogP contribution in [0.5, 0.6) is 6.01 Å². The molecule has 12 heteroatoms. The molecule has 9 nitrogen and oxygen atoms in total. The molecule has 5 aromatic rings. The van der Waals surface area contributed by atoms with Gasteiger partial charge < -0.3 is 4.74 Å². The Morgan fingerprint density at radius 1 is 1.03 bits per heavy atom. The van der Waals surface area contributed by atoms with Crippen molar-refractivity contribution in [1.82, 2.24) is 34.1 Å². The molecule has 0 saturated heterocycles. The Morgan fingerprint density at radius 2 is 1.80 bits per heavy atom. The van der Waals surface area contributed by atoms with E-state index in [1.807, 2.05) is 0 Å². The Kier molecular flexibility index (Phi) is 5.55. The highest BCUT2D eigenvalue weighted by Gasteiger charge is 2.30. The van der Waals surface area contributed by atoms with Crippen molar-refractivity contribution in [3.05, 3.63) is 89.0 Å². The molecular formula is C23H18F3N7O2. The van der Waals surface area contributed by atoms with Gasteiger partial charge in [-0.25, -0.2) is 24.0 Å². The third kappa shape index (κ3) is 4.25. The van der Waals surface area contributed by atoms with Gasteiger partial charge in [-0.1, -0.05) is 18.2 Å². The second-order valence-corrected chi connectivity index (χ2v) is 7.57. The Balaban J connectivity index is 1.60. The number of ether oxygens (including phenoxy) is 1. The van der Waals surface area contributed by atoms with Crippen molar-refractivity contribution in [1.29, 1.82) is 0 Å². The number of alkyl halides is 3. The molecule has 0 aliphatic heterocycles. The van der Waals surface area contributed by atoms with Crippen LogP contribution in [0.25, 0.3) is 22.3 Å². The summed E-state index contributed by atoms with van der Waals surface area (Å²) < 4.78 is 49.0. The minimum atomic E-state index is -4.49. The molecule has 0 aliphatic carbocycles. The van der Waals surface area contributed by atoms with Gasteiger partial charge >= 0.3 is 17.9 Å². The van der Waals surface area contributed by atoms with Crippen molar-refractivity contribution in [2.75, 3.05) is 6.61 Å². The summed E-state index contributed by atoms with van der Waals surface area (Å²) in [5.41, 5.74) is 0.609. The van der Waals surface area contributed by atoms with Gasteiger partial charge in [0.1, 0.15) is 12.0 Å². The van der Waals surface area contributed by atoms with Gasteiger partial charge in [0.25, 0.3) is 0 Å². The van der Waals surface area contributed by atoms with Crippen molar-refractivity contribution >= 4 is 10.9 Å². The molecule has 0 amide bonds. The Morgan fingerprint density at radius 3 is 2.54 bits per heavy atom. The first-order chi connectivity index (χ1) is 16.8. The second-order valence-electron chi connectivity index (χ2n) is 7.57. The van der Waals surface area contributed by atoms with Crippen LogP contribution in [0.1, 0.15) is 18.1 Å². The van der Waals surface area contributed by atoms with Crippen molar-refractivity contribution in [2.45, 2.75) is 19.6 Å². The highest BCUT2D eigenvalue weighted by molar-refractivity contribution is 5.87. The summed E-state index contributed by atoms with van der Waals surface area (Å²) in [6.07, 6.45) is 1.84. The molecule has 0 N–H and O–H groups in total. The lowest BCUT2D eigenvalue weighted by atomic mass is 10.1. The zero-order valence-corrected chi connectivity index (χ0v) is 18.3. The van der Waals surface area contributed by atoms with Gasteiger partial charge in [-0.2, -0.15) is 23.0 Å². The predicted octanol–water partition coefficient (Wildman–Crippen LogP) is 3.63. The van der Waals surface area contributed by atoms with E-state index in [0.29, 0.717) is 22.3 Å². The van der Waals surface area contributed by atoms with E-state index in [9.17, 15) is 18.0 Å². The number of aromatic nitrogens is 7. The molecule has 0 fully saturated rings. The maximum atomic E-state index is 13.4. The summed E-state index contributed by atoms with van der Waals surface area (Å²) in [6.45, 7) is 1.80. The molecule has 3 heterocycles. The van der Waals surface area contributed by atoms with Crippen LogP contribution < -0.4 is 10.4 Å².